The summed E-state index contributed by atoms with van der Waals surface area (Å²) >= 11 is 0. The van der Waals surface area contributed by atoms with E-state index in [0.717, 1.165) is 12.8 Å². The van der Waals surface area contributed by atoms with Gasteiger partial charge in [-0.3, -0.25) is 0 Å². The molecule has 0 unspecified atom stereocenters. The maximum Gasteiger partial charge on any atom is 0.377 e. The van der Waals surface area contributed by atoms with Crippen LogP contribution in [-0.4, -0.2) is 27.8 Å². The number of ether oxygens (including phenoxy) is 1. The summed E-state index contributed by atoms with van der Waals surface area (Å²) in [5, 5.41) is 4.09. The van der Waals surface area contributed by atoms with Gasteiger partial charge in [0.25, 0.3) is 5.82 Å². The normalized spacial score (nSPS) is 17.2. The first-order valence-electron chi connectivity index (χ1n) is 4.80. The van der Waals surface area contributed by atoms with Crippen molar-refractivity contribution in [2.24, 2.45) is 0 Å². The highest BCUT2D eigenvalue weighted by molar-refractivity contribution is 5.84. The summed E-state index contributed by atoms with van der Waals surface area (Å²) in [6, 6.07) is 0.418. The highest BCUT2D eigenvalue weighted by Crippen LogP contribution is 2.28. The highest BCUT2D eigenvalue weighted by atomic mass is 16.5. The first-order chi connectivity index (χ1) is 6.81. The van der Waals surface area contributed by atoms with Gasteiger partial charge in [0, 0.05) is 0 Å². The average Bonchev–Trinajstić information content (AvgIpc) is 2.86. The van der Waals surface area contributed by atoms with Crippen LogP contribution in [-0.2, 0) is 4.74 Å². The van der Waals surface area contributed by atoms with Crippen molar-refractivity contribution in [1.82, 2.24) is 14.8 Å². The van der Waals surface area contributed by atoms with Crippen LogP contribution in [0, 0.1) is 0 Å². The topological polar surface area (TPSA) is 57.0 Å². The molecule has 76 valence electrons. The summed E-state index contributed by atoms with van der Waals surface area (Å²) in [5.74, 6) is -0.318. The van der Waals surface area contributed by atoms with E-state index in [1.807, 2.05) is 0 Å². The molecule has 14 heavy (non-hydrogen) atoms. The van der Waals surface area contributed by atoms with E-state index in [0.29, 0.717) is 6.04 Å². The first kappa shape index (κ1) is 9.18. The number of rotatable bonds is 2. The lowest BCUT2D eigenvalue weighted by Crippen LogP contribution is -2.08. The van der Waals surface area contributed by atoms with Crippen LogP contribution < -0.4 is 0 Å². The summed E-state index contributed by atoms with van der Waals surface area (Å²) in [5.41, 5.74) is 0. The summed E-state index contributed by atoms with van der Waals surface area (Å²) in [6.07, 6.45) is 6.34. The van der Waals surface area contributed by atoms with Crippen molar-refractivity contribution in [3.05, 3.63) is 12.2 Å². The number of methoxy groups -OCH3 is 1. The predicted octanol–water partition coefficient (Wildman–Crippen LogP) is 1.18. The summed E-state index contributed by atoms with van der Waals surface area (Å²) in [4.78, 5) is 15.0. The number of nitrogens with zero attached hydrogens (tertiary/aromatic N) is 3. The SMILES string of the molecule is COC(=O)c1ncn(C2CCCC2)n1. The van der Waals surface area contributed by atoms with E-state index in [4.69, 9.17) is 0 Å². The third-order valence-corrected chi connectivity index (χ3v) is 2.58. The molecule has 5 nitrogen and oxygen atoms in total. The lowest BCUT2D eigenvalue weighted by Gasteiger charge is -2.06. The van der Waals surface area contributed by atoms with Crippen molar-refractivity contribution in [1.29, 1.82) is 0 Å². The number of hydrogen-bond donors (Lipinski definition) is 0. The minimum atomic E-state index is -0.471. The van der Waals surface area contributed by atoms with E-state index in [2.05, 4.69) is 14.8 Å². The van der Waals surface area contributed by atoms with Gasteiger partial charge in [-0.15, -0.1) is 5.10 Å². The highest BCUT2D eigenvalue weighted by Gasteiger charge is 2.20. The fourth-order valence-electron chi connectivity index (χ4n) is 1.80. The standard InChI is InChI=1S/C9H13N3O2/c1-14-9(13)8-10-6-12(11-8)7-4-2-3-5-7/h6-7H,2-5H2,1H3. The van der Waals surface area contributed by atoms with Gasteiger partial charge in [-0.1, -0.05) is 12.8 Å². The molecule has 1 fully saturated rings. The number of aromatic nitrogens is 3. The van der Waals surface area contributed by atoms with Crippen molar-refractivity contribution >= 4 is 5.97 Å². The van der Waals surface area contributed by atoms with Crippen molar-refractivity contribution in [3.63, 3.8) is 0 Å². The molecule has 1 aromatic heterocycles. The van der Waals surface area contributed by atoms with Gasteiger partial charge in [-0.25, -0.2) is 14.5 Å². The van der Waals surface area contributed by atoms with Gasteiger partial charge in [0.05, 0.1) is 13.2 Å². The summed E-state index contributed by atoms with van der Waals surface area (Å²) in [6.45, 7) is 0. The largest absolute Gasteiger partial charge is 0.463 e. The van der Waals surface area contributed by atoms with E-state index >= 15 is 0 Å². The molecule has 0 N–H and O–H groups in total. The van der Waals surface area contributed by atoms with E-state index in [9.17, 15) is 4.79 Å². The Hall–Kier alpha value is -1.39. The third kappa shape index (κ3) is 1.62. The van der Waals surface area contributed by atoms with Crippen molar-refractivity contribution in [2.75, 3.05) is 7.11 Å². The zero-order valence-corrected chi connectivity index (χ0v) is 8.14. The second-order valence-electron chi connectivity index (χ2n) is 3.48. The van der Waals surface area contributed by atoms with Crippen molar-refractivity contribution in [3.8, 4) is 0 Å². The molecule has 1 aromatic rings. The van der Waals surface area contributed by atoms with Crippen LogP contribution in [0.5, 0.6) is 0 Å². The Balaban J connectivity index is 2.12. The predicted molar refractivity (Wildman–Crippen MR) is 48.9 cm³/mol. The van der Waals surface area contributed by atoms with Gasteiger partial charge in [0.15, 0.2) is 0 Å². The fraction of sp³-hybridized carbons (Fsp3) is 0.667. The van der Waals surface area contributed by atoms with Gasteiger partial charge in [-0.2, -0.15) is 0 Å². The van der Waals surface area contributed by atoms with Crippen LogP contribution in [0.15, 0.2) is 6.33 Å². The molecule has 0 aromatic carbocycles. The van der Waals surface area contributed by atoms with Crippen LogP contribution in [0.25, 0.3) is 0 Å². The Morgan fingerprint density at radius 1 is 1.57 bits per heavy atom. The molecule has 5 heteroatoms. The molecule has 0 bridgehead atoms. The molecule has 0 radical (unpaired) electrons. The van der Waals surface area contributed by atoms with Gasteiger partial charge >= 0.3 is 5.97 Å². The van der Waals surface area contributed by atoms with Gasteiger partial charge in [0.1, 0.15) is 6.33 Å². The van der Waals surface area contributed by atoms with Crippen molar-refractivity contribution in [2.45, 2.75) is 31.7 Å². The Kier molecular flexibility index (Phi) is 2.47. The number of hydrogen-bond acceptors (Lipinski definition) is 4. The maximum atomic E-state index is 11.1. The van der Waals surface area contributed by atoms with Crippen LogP contribution in [0.3, 0.4) is 0 Å². The second kappa shape index (κ2) is 3.77. The minimum Gasteiger partial charge on any atom is -0.463 e. The van der Waals surface area contributed by atoms with Crippen LogP contribution in [0.2, 0.25) is 0 Å². The quantitative estimate of drug-likeness (QED) is 0.665. The summed E-state index contributed by atoms with van der Waals surface area (Å²) < 4.78 is 6.31. The molecule has 0 saturated heterocycles. The smallest absolute Gasteiger partial charge is 0.377 e. The molecule has 1 aliphatic carbocycles. The summed E-state index contributed by atoms with van der Waals surface area (Å²) in [7, 11) is 1.33. The Bertz CT molecular complexity index is 329. The third-order valence-electron chi connectivity index (χ3n) is 2.58. The van der Waals surface area contributed by atoms with E-state index in [-0.39, 0.29) is 5.82 Å². The van der Waals surface area contributed by atoms with Crippen LogP contribution in [0.4, 0.5) is 0 Å². The molecule has 0 amide bonds. The molecule has 0 spiro atoms. The molecule has 0 aliphatic heterocycles. The first-order valence-corrected chi connectivity index (χ1v) is 4.80. The molecular weight excluding hydrogens is 182 g/mol. The van der Waals surface area contributed by atoms with E-state index in [1.165, 1.54) is 20.0 Å². The van der Waals surface area contributed by atoms with Crippen molar-refractivity contribution < 1.29 is 9.53 Å². The van der Waals surface area contributed by atoms with Gasteiger partial charge in [0.2, 0.25) is 0 Å². The lowest BCUT2D eigenvalue weighted by molar-refractivity contribution is 0.0586. The zero-order valence-electron chi connectivity index (χ0n) is 8.14. The Morgan fingerprint density at radius 2 is 2.29 bits per heavy atom. The number of carbonyl (C=O) groups is 1. The van der Waals surface area contributed by atoms with E-state index < -0.39 is 5.97 Å². The fourth-order valence-corrected chi connectivity index (χ4v) is 1.80. The van der Waals surface area contributed by atoms with Crippen LogP contribution >= 0.6 is 0 Å². The number of carbonyl (C=O) groups excluding carboxylic acids is 1. The van der Waals surface area contributed by atoms with Gasteiger partial charge in [-0.05, 0) is 12.8 Å². The molecule has 0 atom stereocenters. The Morgan fingerprint density at radius 3 is 2.93 bits per heavy atom. The molecule has 1 heterocycles. The zero-order chi connectivity index (χ0) is 9.97. The molecule has 2 rings (SSSR count). The second-order valence-corrected chi connectivity index (χ2v) is 3.48. The molecule has 1 saturated carbocycles. The van der Waals surface area contributed by atoms with E-state index in [1.54, 1.807) is 11.0 Å². The minimum absolute atomic E-state index is 0.152. The average molecular weight is 195 g/mol. The monoisotopic (exact) mass is 195 g/mol. The lowest BCUT2D eigenvalue weighted by atomic mass is 10.3. The molecular formula is C9H13N3O2. The maximum absolute atomic E-state index is 11.1. The Labute approximate surface area is 82.1 Å². The number of esters is 1. The molecule has 1 aliphatic rings. The van der Waals surface area contributed by atoms with Gasteiger partial charge < -0.3 is 4.74 Å². The van der Waals surface area contributed by atoms with Crippen LogP contribution in [0.1, 0.15) is 42.3 Å².